The second kappa shape index (κ2) is 5.49. The minimum Gasteiger partial charge on any atom is -0.480 e. The maximum absolute atomic E-state index is 12.1. The summed E-state index contributed by atoms with van der Waals surface area (Å²) in [4.78, 5) is 24.3. The summed E-state index contributed by atoms with van der Waals surface area (Å²) in [7, 11) is 0. The van der Waals surface area contributed by atoms with E-state index in [-0.39, 0.29) is 18.5 Å². The zero-order valence-electron chi connectivity index (χ0n) is 9.93. The Bertz CT molecular complexity index is 295. The molecule has 1 amide bonds. The first-order valence-corrected chi connectivity index (χ1v) is 6.26. The minimum absolute atomic E-state index is 0.00167. The molecule has 5 heteroatoms. The lowest BCUT2D eigenvalue weighted by Gasteiger charge is -2.25. The second-order valence-corrected chi connectivity index (χ2v) is 4.91. The molecule has 1 aliphatic carbocycles. The lowest BCUT2D eigenvalue weighted by Crippen LogP contribution is -2.38. The largest absolute Gasteiger partial charge is 0.480 e. The molecule has 5 nitrogen and oxygen atoms in total. The first-order valence-electron chi connectivity index (χ1n) is 6.26. The summed E-state index contributed by atoms with van der Waals surface area (Å²) in [6.45, 7) is 1.30. The Morgan fingerprint density at radius 1 is 1.18 bits per heavy atom. The van der Waals surface area contributed by atoms with Crippen LogP contribution in [0.25, 0.3) is 0 Å². The van der Waals surface area contributed by atoms with Crippen molar-refractivity contribution >= 4 is 11.9 Å². The van der Waals surface area contributed by atoms with Gasteiger partial charge in [-0.1, -0.05) is 0 Å². The van der Waals surface area contributed by atoms with Crippen LogP contribution < -0.4 is 0 Å². The van der Waals surface area contributed by atoms with Crippen LogP contribution in [0.5, 0.6) is 0 Å². The fourth-order valence-electron chi connectivity index (χ4n) is 2.27. The third-order valence-corrected chi connectivity index (χ3v) is 3.42. The minimum atomic E-state index is -0.919. The molecule has 1 aliphatic heterocycles. The van der Waals surface area contributed by atoms with E-state index in [0.29, 0.717) is 12.3 Å². The number of aliphatic carboxylic acids is 1. The number of carbonyl (C=O) groups is 2. The number of hydrogen-bond donors (Lipinski definition) is 1. The Morgan fingerprint density at radius 2 is 1.82 bits per heavy atom. The van der Waals surface area contributed by atoms with Gasteiger partial charge in [0.1, 0.15) is 6.54 Å². The molecule has 2 rings (SSSR count). The summed E-state index contributed by atoms with van der Waals surface area (Å²) in [5, 5.41) is 8.80. The standard InChI is InChI=1S/C12H19NO4/c14-11(7-9-3-5-17-6-4-9)13(8-12(15)16)10-1-2-10/h9-10H,1-8H2,(H,15,16). The molecular weight excluding hydrogens is 222 g/mol. The summed E-state index contributed by atoms with van der Waals surface area (Å²) in [5.41, 5.74) is 0. The van der Waals surface area contributed by atoms with E-state index in [1.807, 2.05) is 0 Å². The van der Waals surface area contributed by atoms with Gasteiger partial charge in [0.05, 0.1) is 0 Å². The van der Waals surface area contributed by atoms with E-state index in [0.717, 1.165) is 38.9 Å². The summed E-state index contributed by atoms with van der Waals surface area (Å²) >= 11 is 0. The van der Waals surface area contributed by atoms with Crippen molar-refractivity contribution in [2.75, 3.05) is 19.8 Å². The highest BCUT2D eigenvalue weighted by molar-refractivity contribution is 5.82. The van der Waals surface area contributed by atoms with Crippen molar-refractivity contribution < 1.29 is 19.4 Å². The van der Waals surface area contributed by atoms with Gasteiger partial charge in [-0.15, -0.1) is 0 Å². The van der Waals surface area contributed by atoms with Gasteiger partial charge in [0.2, 0.25) is 5.91 Å². The predicted octanol–water partition coefficient (Wildman–Crippen LogP) is 0.879. The van der Waals surface area contributed by atoms with Crippen molar-refractivity contribution in [2.45, 2.75) is 38.1 Å². The molecule has 1 N–H and O–H groups in total. The van der Waals surface area contributed by atoms with Crippen LogP contribution in [0.15, 0.2) is 0 Å². The fraction of sp³-hybridized carbons (Fsp3) is 0.833. The van der Waals surface area contributed by atoms with Crippen molar-refractivity contribution in [1.29, 1.82) is 0 Å². The summed E-state index contributed by atoms with van der Waals surface area (Å²) < 4.78 is 5.25. The second-order valence-electron chi connectivity index (χ2n) is 4.91. The van der Waals surface area contributed by atoms with Gasteiger partial charge in [0, 0.05) is 25.7 Å². The van der Waals surface area contributed by atoms with Gasteiger partial charge >= 0.3 is 5.97 Å². The Labute approximate surface area is 101 Å². The molecule has 0 radical (unpaired) electrons. The molecule has 96 valence electrons. The van der Waals surface area contributed by atoms with E-state index >= 15 is 0 Å². The quantitative estimate of drug-likeness (QED) is 0.776. The van der Waals surface area contributed by atoms with Crippen molar-refractivity contribution in [2.24, 2.45) is 5.92 Å². The summed E-state index contributed by atoms with van der Waals surface area (Å²) in [5.74, 6) is -0.551. The molecule has 17 heavy (non-hydrogen) atoms. The number of rotatable bonds is 5. The maximum Gasteiger partial charge on any atom is 0.323 e. The molecule has 0 atom stereocenters. The molecule has 1 saturated carbocycles. The van der Waals surface area contributed by atoms with E-state index in [4.69, 9.17) is 9.84 Å². The fourth-order valence-corrected chi connectivity index (χ4v) is 2.27. The van der Waals surface area contributed by atoms with Crippen LogP contribution >= 0.6 is 0 Å². The van der Waals surface area contributed by atoms with Crippen LogP contribution in [0.3, 0.4) is 0 Å². The average Bonchev–Trinajstić information content (AvgIpc) is 3.10. The van der Waals surface area contributed by atoms with Gasteiger partial charge in [0.25, 0.3) is 0 Å². The molecule has 0 aromatic rings. The Hall–Kier alpha value is -1.10. The van der Waals surface area contributed by atoms with Crippen LogP contribution in [0.1, 0.15) is 32.1 Å². The monoisotopic (exact) mass is 241 g/mol. The van der Waals surface area contributed by atoms with Crippen LogP contribution in [0.4, 0.5) is 0 Å². The number of nitrogens with zero attached hydrogens (tertiary/aromatic N) is 1. The van der Waals surface area contributed by atoms with Gasteiger partial charge in [-0.2, -0.15) is 0 Å². The topological polar surface area (TPSA) is 66.8 Å². The van der Waals surface area contributed by atoms with E-state index in [1.54, 1.807) is 0 Å². The summed E-state index contributed by atoms with van der Waals surface area (Å²) in [6.07, 6.45) is 4.21. The Balaban J connectivity index is 1.84. The van der Waals surface area contributed by atoms with Gasteiger partial charge in [0.15, 0.2) is 0 Å². The summed E-state index contributed by atoms with van der Waals surface area (Å²) in [6, 6.07) is 0.179. The normalized spacial score (nSPS) is 21.2. The number of carbonyl (C=O) groups excluding carboxylic acids is 1. The van der Waals surface area contributed by atoms with Gasteiger partial charge in [-0.05, 0) is 31.6 Å². The lowest BCUT2D eigenvalue weighted by molar-refractivity contribution is -0.145. The molecule has 2 aliphatic rings. The van der Waals surface area contributed by atoms with E-state index < -0.39 is 5.97 Å². The van der Waals surface area contributed by atoms with Gasteiger partial charge in [-0.25, -0.2) is 0 Å². The first-order chi connectivity index (χ1) is 8.16. The molecule has 2 fully saturated rings. The Kier molecular flexibility index (Phi) is 3.99. The zero-order valence-corrected chi connectivity index (χ0v) is 9.93. The lowest BCUT2D eigenvalue weighted by atomic mass is 9.96. The van der Waals surface area contributed by atoms with E-state index in [2.05, 4.69) is 0 Å². The van der Waals surface area contributed by atoms with E-state index in [1.165, 1.54) is 4.90 Å². The molecule has 0 aromatic carbocycles. The molecule has 0 unspecified atom stereocenters. The first kappa shape index (κ1) is 12.4. The van der Waals surface area contributed by atoms with Crippen molar-refractivity contribution in [3.8, 4) is 0 Å². The third kappa shape index (κ3) is 3.70. The van der Waals surface area contributed by atoms with Crippen molar-refractivity contribution in [3.63, 3.8) is 0 Å². The van der Waals surface area contributed by atoms with Crippen LogP contribution in [-0.2, 0) is 14.3 Å². The van der Waals surface area contributed by atoms with Gasteiger partial charge < -0.3 is 14.7 Å². The number of ether oxygens (including phenoxy) is 1. The highest BCUT2D eigenvalue weighted by atomic mass is 16.5. The zero-order chi connectivity index (χ0) is 12.3. The predicted molar refractivity (Wildman–Crippen MR) is 60.5 cm³/mol. The van der Waals surface area contributed by atoms with Crippen LogP contribution in [0, 0.1) is 5.92 Å². The molecule has 1 heterocycles. The average molecular weight is 241 g/mol. The van der Waals surface area contributed by atoms with Crippen LogP contribution in [0.2, 0.25) is 0 Å². The number of carboxylic acid groups (broad SMARTS) is 1. The van der Waals surface area contributed by atoms with Crippen LogP contribution in [-0.4, -0.2) is 47.7 Å². The molecule has 0 aromatic heterocycles. The van der Waals surface area contributed by atoms with E-state index in [9.17, 15) is 9.59 Å². The smallest absolute Gasteiger partial charge is 0.323 e. The highest BCUT2D eigenvalue weighted by Crippen LogP contribution is 2.29. The molecule has 0 spiro atoms. The van der Waals surface area contributed by atoms with Crippen molar-refractivity contribution in [1.82, 2.24) is 4.90 Å². The van der Waals surface area contributed by atoms with Gasteiger partial charge in [-0.3, -0.25) is 9.59 Å². The molecular formula is C12H19NO4. The maximum atomic E-state index is 12.1. The highest BCUT2D eigenvalue weighted by Gasteiger charge is 2.34. The Morgan fingerprint density at radius 3 is 2.35 bits per heavy atom. The van der Waals surface area contributed by atoms with Crippen molar-refractivity contribution in [3.05, 3.63) is 0 Å². The molecule has 0 bridgehead atoms. The molecule has 1 saturated heterocycles. The number of carboxylic acids is 1. The SMILES string of the molecule is O=C(O)CN(C(=O)CC1CCOCC1)C1CC1. The number of amides is 1. The third-order valence-electron chi connectivity index (χ3n) is 3.42. The number of hydrogen-bond acceptors (Lipinski definition) is 3.